The minimum Gasteiger partial charge on any atom is -0.494 e. The van der Waals surface area contributed by atoms with Crippen LogP contribution in [0.3, 0.4) is 0 Å². The maximum Gasteiger partial charge on any atom is 0.119 e. The van der Waals surface area contributed by atoms with Gasteiger partial charge in [-0.2, -0.15) is 0 Å². The van der Waals surface area contributed by atoms with Gasteiger partial charge >= 0.3 is 0 Å². The summed E-state index contributed by atoms with van der Waals surface area (Å²) in [5, 5.41) is 3.15. The summed E-state index contributed by atoms with van der Waals surface area (Å²) in [5.41, 5.74) is 8.36. The van der Waals surface area contributed by atoms with Crippen LogP contribution in [-0.4, -0.2) is 11.6 Å². The highest BCUT2D eigenvalue weighted by Gasteiger charge is 2.10. The van der Waals surface area contributed by atoms with Crippen molar-refractivity contribution in [2.45, 2.75) is 26.3 Å². The van der Waals surface area contributed by atoms with Crippen LogP contribution in [0.2, 0.25) is 0 Å². The molecule has 1 aromatic carbocycles. The lowest BCUT2D eigenvalue weighted by Crippen LogP contribution is -2.13. The molecule has 0 saturated heterocycles. The molecule has 2 N–H and O–H groups in total. The topological polar surface area (TPSA) is 48.1 Å². The van der Waals surface area contributed by atoms with E-state index in [1.807, 2.05) is 38.1 Å². The van der Waals surface area contributed by atoms with Crippen LogP contribution in [0.4, 0.5) is 0 Å². The molecule has 96 valence electrons. The second-order valence-electron chi connectivity index (χ2n) is 4.17. The van der Waals surface area contributed by atoms with E-state index in [0.717, 1.165) is 28.4 Å². The van der Waals surface area contributed by atoms with E-state index in [-0.39, 0.29) is 6.04 Å². The third kappa shape index (κ3) is 3.31. The number of benzene rings is 1. The number of hydrogen-bond acceptors (Lipinski definition) is 4. The Kier molecular flexibility index (Phi) is 4.33. The van der Waals surface area contributed by atoms with Crippen molar-refractivity contribution in [1.82, 2.24) is 4.98 Å². The minimum atomic E-state index is -0.0353. The van der Waals surface area contributed by atoms with Gasteiger partial charge in [0, 0.05) is 17.8 Å². The van der Waals surface area contributed by atoms with Crippen LogP contribution in [0.5, 0.6) is 5.75 Å². The van der Waals surface area contributed by atoms with Crippen LogP contribution in [-0.2, 0) is 6.42 Å². The minimum absolute atomic E-state index is 0.0353. The molecule has 0 fully saturated rings. The first-order valence-corrected chi connectivity index (χ1v) is 6.96. The Morgan fingerprint density at radius 3 is 2.94 bits per heavy atom. The molecular weight excluding hydrogens is 244 g/mol. The zero-order chi connectivity index (χ0) is 13.0. The monoisotopic (exact) mass is 262 g/mol. The van der Waals surface area contributed by atoms with Gasteiger partial charge in [0.25, 0.3) is 0 Å². The van der Waals surface area contributed by atoms with Crippen molar-refractivity contribution in [2.24, 2.45) is 5.73 Å². The van der Waals surface area contributed by atoms with Crippen molar-refractivity contribution in [3.63, 3.8) is 0 Å². The summed E-state index contributed by atoms with van der Waals surface area (Å²) in [6.07, 6.45) is 0.764. The van der Waals surface area contributed by atoms with Gasteiger partial charge in [0.1, 0.15) is 5.75 Å². The van der Waals surface area contributed by atoms with Crippen LogP contribution in [0.25, 0.3) is 0 Å². The largest absolute Gasteiger partial charge is 0.494 e. The van der Waals surface area contributed by atoms with Crippen LogP contribution >= 0.6 is 11.3 Å². The standard InChI is InChI=1S/C14H18N2OS/c1-3-17-13-6-4-5-11(7-13)14(15)8-12-9-18-10(2)16-12/h4-7,9,14H,3,8,15H2,1-2H3. The second kappa shape index (κ2) is 5.98. The fourth-order valence-corrected chi connectivity index (χ4v) is 2.47. The van der Waals surface area contributed by atoms with E-state index in [9.17, 15) is 0 Å². The molecule has 3 nitrogen and oxygen atoms in total. The predicted molar refractivity (Wildman–Crippen MR) is 75.1 cm³/mol. The van der Waals surface area contributed by atoms with Crippen LogP contribution < -0.4 is 10.5 Å². The molecule has 0 aliphatic rings. The summed E-state index contributed by atoms with van der Waals surface area (Å²) in [4.78, 5) is 4.44. The average molecular weight is 262 g/mol. The molecule has 2 rings (SSSR count). The van der Waals surface area contributed by atoms with E-state index in [1.165, 1.54) is 0 Å². The Hall–Kier alpha value is -1.39. The first kappa shape index (κ1) is 13.1. The van der Waals surface area contributed by atoms with E-state index < -0.39 is 0 Å². The van der Waals surface area contributed by atoms with Gasteiger partial charge in [-0.3, -0.25) is 0 Å². The maximum atomic E-state index is 6.21. The quantitative estimate of drug-likeness (QED) is 0.900. The highest BCUT2D eigenvalue weighted by Crippen LogP contribution is 2.21. The lowest BCUT2D eigenvalue weighted by molar-refractivity contribution is 0.339. The fraction of sp³-hybridized carbons (Fsp3) is 0.357. The van der Waals surface area contributed by atoms with Gasteiger partial charge in [0.15, 0.2) is 0 Å². The lowest BCUT2D eigenvalue weighted by Gasteiger charge is -2.12. The number of nitrogens with zero attached hydrogens (tertiary/aromatic N) is 1. The molecule has 18 heavy (non-hydrogen) atoms. The summed E-state index contributed by atoms with van der Waals surface area (Å²) in [5.74, 6) is 0.875. The van der Waals surface area contributed by atoms with Crippen molar-refractivity contribution < 1.29 is 4.74 Å². The van der Waals surface area contributed by atoms with Crippen LogP contribution in [0.15, 0.2) is 29.6 Å². The van der Waals surface area contributed by atoms with E-state index in [4.69, 9.17) is 10.5 Å². The average Bonchev–Trinajstić information content (AvgIpc) is 2.75. The predicted octanol–water partition coefficient (Wildman–Crippen LogP) is 3.09. The molecule has 0 saturated carbocycles. The molecule has 4 heteroatoms. The number of thiazole rings is 1. The zero-order valence-corrected chi connectivity index (χ0v) is 11.5. The third-order valence-electron chi connectivity index (χ3n) is 2.69. The molecule has 0 spiro atoms. The molecule has 2 aromatic rings. The Morgan fingerprint density at radius 2 is 2.28 bits per heavy atom. The number of aryl methyl sites for hydroxylation is 1. The van der Waals surface area contributed by atoms with E-state index in [2.05, 4.69) is 10.4 Å². The van der Waals surface area contributed by atoms with Gasteiger partial charge in [-0.05, 0) is 31.5 Å². The summed E-state index contributed by atoms with van der Waals surface area (Å²) in [6.45, 7) is 4.66. The highest BCUT2D eigenvalue weighted by atomic mass is 32.1. The number of hydrogen-bond donors (Lipinski definition) is 1. The molecule has 0 bridgehead atoms. The Balaban J connectivity index is 2.08. The van der Waals surface area contributed by atoms with Gasteiger partial charge in [0.05, 0.1) is 17.3 Å². The smallest absolute Gasteiger partial charge is 0.119 e. The van der Waals surface area contributed by atoms with Crippen molar-refractivity contribution in [3.8, 4) is 5.75 Å². The SMILES string of the molecule is CCOc1cccc(C(N)Cc2csc(C)n2)c1. The zero-order valence-electron chi connectivity index (χ0n) is 10.7. The molecule has 0 aliphatic carbocycles. The molecule has 1 heterocycles. The van der Waals surface area contributed by atoms with Crippen LogP contribution in [0, 0.1) is 6.92 Å². The van der Waals surface area contributed by atoms with Gasteiger partial charge in [-0.15, -0.1) is 11.3 Å². The summed E-state index contributed by atoms with van der Waals surface area (Å²) >= 11 is 1.66. The summed E-state index contributed by atoms with van der Waals surface area (Å²) in [7, 11) is 0. The molecule has 1 unspecified atom stereocenters. The molecule has 0 amide bonds. The first-order chi connectivity index (χ1) is 8.69. The van der Waals surface area contributed by atoms with Crippen molar-refractivity contribution in [1.29, 1.82) is 0 Å². The molecule has 1 atom stereocenters. The van der Waals surface area contributed by atoms with Crippen molar-refractivity contribution in [2.75, 3.05) is 6.61 Å². The van der Waals surface area contributed by atoms with Gasteiger partial charge in [-0.1, -0.05) is 12.1 Å². The number of ether oxygens (including phenoxy) is 1. The number of rotatable bonds is 5. The van der Waals surface area contributed by atoms with Gasteiger partial charge in [-0.25, -0.2) is 4.98 Å². The molecular formula is C14H18N2OS. The Bertz CT molecular complexity index is 510. The lowest BCUT2D eigenvalue weighted by atomic mass is 10.0. The first-order valence-electron chi connectivity index (χ1n) is 6.08. The van der Waals surface area contributed by atoms with Gasteiger partial charge < -0.3 is 10.5 Å². The molecule has 1 aromatic heterocycles. The van der Waals surface area contributed by atoms with E-state index in [1.54, 1.807) is 11.3 Å². The third-order valence-corrected chi connectivity index (χ3v) is 3.52. The second-order valence-corrected chi connectivity index (χ2v) is 5.24. The maximum absolute atomic E-state index is 6.21. The van der Waals surface area contributed by atoms with Crippen molar-refractivity contribution in [3.05, 3.63) is 45.9 Å². The summed E-state index contributed by atoms with van der Waals surface area (Å²) in [6, 6.07) is 7.94. The van der Waals surface area contributed by atoms with E-state index in [0.29, 0.717) is 6.61 Å². The summed E-state index contributed by atoms with van der Waals surface area (Å²) < 4.78 is 5.48. The number of aromatic nitrogens is 1. The van der Waals surface area contributed by atoms with E-state index >= 15 is 0 Å². The Morgan fingerprint density at radius 1 is 1.44 bits per heavy atom. The fourth-order valence-electron chi connectivity index (χ4n) is 1.85. The van der Waals surface area contributed by atoms with Gasteiger partial charge in [0.2, 0.25) is 0 Å². The number of nitrogens with two attached hydrogens (primary N) is 1. The normalized spacial score (nSPS) is 12.4. The van der Waals surface area contributed by atoms with Crippen molar-refractivity contribution >= 4 is 11.3 Å². The molecule has 0 aliphatic heterocycles. The highest BCUT2D eigenvalue weighted by molar-refractivity contribution is 7.09. The Labute approximate surface area is 112 Å². The van der Waals surface area contributed by atoms with Crippen LogP contribution in [0.1, 0.15) is 29.2 Å². The molecule has 0 radical (unpaired) electrons.